The largest absolute Gasteiger partial charge is 1.00 e. The van der Waals surface area contributed by atoms with E-state index in [1.54, 1.807) is 13.8 Å². The number of rotatable bonds is 3. The van der Waals surface area contributed by atoms with Gasteiger partial charge in [-0.2, -0.15) is 0 Å². The molecule has 0 fully saturated rings. The maximum atomic E-state index is 11.4. The molecule has 1 unspecified atom stereocenters. The standard InChI is InChI=1S/C9H14N2O4.Na/c1-3-9(15,4-2)5-6(12)10-8(14)11-7(5)13;/h5,15H,3-4H2,1-2H3,(H2,10,11,12,13,14);/q;+1/p-1. The van der Waals surface area contributed by atoms with Gasteiger partial charge in [-0.1, -0.05) is 13.8 Å². The molecule has 1 atom stereocenters. The van der Waals surface area contributed by atoms with Crippen molar-refractivity contribution in [2.24, 2.45) is 10.9 Å². The molecule has 0 bridgehead atoms. The molecule has 0 aromatic heterocycles. The summed E-state index contributed by atoms with van der Waals surface area (Å²) in [5.74, 6) is -2.91. The molecule has 2 N–H and O–H groups in total. The number of aliphatic imine (C=N–C) groups is 1. The summed E-state index contributed by atoms with van der Waals surface area (Å²) in [6, 6.07) is -0.962. The fraction of sp³-hybridized carbons (Fsp3) is 0.667. The number of imide groups is 1. The van der Waals surface area contributed by atoms with Crippen LogP contribution in [-0.4, -0.2) is 28.5 Å². The number of hydrogen-bond acceptors (Lipinski definition) is 4. The summed E-state index contributed by atoms with van der Waals surface area (Å²) in [5.41, 5.74) is -1.43. The van der Waals surface area contributed by atoms with Crippen LogP contribution in [0.2, 0.25) is 0 Å². The molecular formula is C9H13N2NaO4. The Hall–Kier alpha value is -0.430. The van der Waals surface area contributed by atoms with Crippen molar-refractivity contribution >= 4 is 17.8 Å². The van der Waals surface area contributed by atoms with Gasteiger partial charge in [0.15, 0.2) is 0 Å². The van der Waals surface area contributed by atoms with Crippen molar-refractivity contribution < 1.29 is 49.4 Å². The van der Waals surface area contributed by atoms with Crippen molar-refractivity contribution in [3.05, 3.63) is 0 Å². The normalized spacial score (nSPS) is 20.9. The Morgan fingerprint density at radius 3 is 2.31 bits per heavy atom. The molecule has 0 aliphatic carbocycles. The molecule has 7 heteroatoms. The van der Waals surface area contributed by atoms with Crippen LogP contribution in [0.25, 0.3) is 0 Å². The summed E-state index contributed by atoms with van der Waals surface area (Å²) < 4.78 is 0. The molecule has 0 saturated heterocycles. The summed E-state index contributed by atoms with van der Waals surface area (Å²) in [4.78, 5) is 25.2. The van der Waals surface area contributed by atoms with E-state index in [0.717, 1.165) is 0 Å². The van der Waals surface area contributed by atoms with Crippen LogP contribution in [0.5, 0.6) is 0 Å². The molecule has 1 rings (SSSR count). The van der Waals surface area contributed by atoms with E-state index in [-0.39, 0.29) is 42.4 Å². The number of carbonyl (C=O) groups excluding carboxylic acids is 2. The molecule has 16 heavy (non-hydrogen) atoms. The minimum atomic E-state index is -1.43. The van der Waals surface area contributed by atoms with Crippen molar-refractivity contribution in [2.45, 2.75) is 32.3 Å². The van der Waals surface area contributed by atoms with Crippen LogP contribution in [0, 0.1) is 5.92 Å². The maximum Gasteiger partial charge on any atom is 1.00 e. The van der Waals surface area contributed by atoms with Gasteiger partial charge in [0.25, 0.3) is 0 Å². The molecule has 0 aromatic carbocycles. The monoisotopic (exact) mass is 236 g/mol. The number of aliphatic hydroxyl groups is 1. The Balaban J connectivity index is 0.00000225. The fourth-order valence-electron chi connectivity index (χ4n) is 1.61. The summed E-state index contributed by atoms with van der Waals surface area (Å²) in [5, 5.41) is 23.3. The van der Waals surface area contributed by atoms with E-state index in [1.807, 2.05) is 5.32 Å². The third-order valence-electron chi connectivity index (χ3n) is 2.71. The Labute approximate surface area is 115 Å². The van der Waals surface area contributed by atoms with Crippen molar-refractivity contribution in [3.8, 4) is 0 Å². The summed E-state index contributed by atoms with van der Waals surface area (Å²) in [6.07, 6.45) is 0.494. The SMILES string of the molecule is CCC(O)(CC)C1C(=O)NC(=O)N=C1[O-].[Na+]. The van der Waals surface area contributed by atoms with Gasteiger partial charge < -0.3 is 10.2 Å². The topological polar surface area (TPSA) is 102 Å². The molecule has 1 heterocycles. The van der Waals surface area contributed by atoms with Gasteiger partial charge in [-0.25, -0.2) is 9.79 Å². The first-order valence-electron chi connectivity index (χ1n) is 4.77. The second-order valence-electron chi connectivity index (χ2n) is 3.49. The quantitative estimate of drug-likeness (QED) is 0.490. The first kappa shape index (κ1) is 15.6. The molecule has 0 saturated carbocycles. The van der Waals surface area contributed by atoms with Crippen LogP contribution in [0.3, 0.4) is 0 Å². The number of nitrogens with zero attached hydrogens (tertiary/aromatic N) is 1. The van der Waals surface area contributed by atoms with Gasteiger partial charge >= 0.3 is 35.6 Å². The average molecular weight is 236 g/mol. The zero-order chi connectivity index (χ0) is 11.6. The first-order chi connectivity index (χ1) is 6.94. The van der Waals surface area contributed by atoms with Crippen LogP contribution < -0.4 is 40.0 Å². The predicted octanol–water partition coefficient (Wildman–Crippen LogP) is -3.83. The number of hydrogen-bond donors (Lipinski definition) is 2. The van der Waals surface area contributed by atoms with Crippen molar-refractivity contribution in [2.75, 3.05) is 0 Å². The number of nitrogens with one attached hydrogen (secondary N) is 1. The van der Waals surface area contributed by atoms with E-state index < -0.39 is 29.4 Å². The van der Waals surface area contributed by atoms with Crippen LogP contribution >= 0.6 is 0 Å². The second-order valence-corrected chi connectivity index (χ2v) is 3.49. The Kier molecular flexibility index (Phi) is 5.61. The van der Waals surface area contributed by atoms with E-state index >= 15 is 0 Å². The second kappa shape index (κ2) is 5.77. The molecule has 0 aromatic rings. The molecule has 1 aliphatic rings. The molecule has 84 valence electrons. The zero-order valence-electron chi connectivity index (χ0n) is 9.61. The average Bonchev–Trinajstić information content (AvgIpc) is 2.15. The van der Waals surface area contributed by atoms with Gasteiger partial charge in [-0.3, -0.25) is 10.1 Å². The van der Waals surface area contributed by atoms with E-state index in [4.69, 9.17) is 0 Å². The van der Waals surface area contributed by atoms with Crippen LogP contribution in [-0.2, 0) is 4.79 Å². The minimum Gasteiger partial charge on any atom is -0.861 e. The van der Waals surface area contributed by atoms with Crippen LogP contribution in [0.15, 0.2) is 4.99 Å². The number of urea groups is 1. The zero-order valence-corrected chi connectivity index (χ0v) is 11.6. The molecule has 6 nitrogen and oxygen atoms in total. The van der Waals surface area contributed by atoms with Gasteiger partial charge in [-0.05, 0) is 18.7 Å². The smallest absolute Gasteiger partial charge is 0.861 e. The van der Waals surface area contributed by atoms with Crippen molar-refractivity contribution in [3.63, 3.8) is 0 Å². The molecule has 3 amide bonds. The van der Waals surface area contributed by atoms with Gasteiger partial charge in [-0.15, -0.1) is 0 Å². The van der Waals surface area contributed by atoms with E-state index in [2.05, 4.69) is 4.99 Å². The first-order valence-corrected chi connectivity index (χ1v) is 4.77. The third-order valence-corrected chi connectivity index (χ3v) is 2.71. The molecule has 0 radical (unpaired) electrons. The molecule has 1 aliphatic heterocycles. The van der Waals surface area contributed by atoms with Gasteiger partial charge in [0.2, 0.25) is 5.91 Å². The minimum absolute atomic E-state index is 0. The Bertz CT molecular complexity index is 325. The molecule has 0 spiro atoms. The maximum absolute atomic E-state index is 11.4. The summed E-state index contributed by atoms with van der Waals surface area (Å²) in [7, 11) is 0. The van der Waals surface area contributed by atoms with E-state index in [1.165, 1.54) is 0 Å². The number of amides is 3. The molecular weight excluding hydrogens is 223 g/mol. The van der Waals surface area contributed by atoms with E-state index in [0.29, 0.717) is 0 Å². The Morgan fingerprint density at radius 2 is 1.94 bits per heavy atom. The van der Waals surface area contributed by atoms with Crippen LogP contribution in [0.4, 0.5) is 4.79 Å². The summed E-state index contributed by atoms with van der Waals surface area (Å²) >= 11 is 0. The van der Waals surface area contributed by atoms with Gasteiger partial charge in [0.1, 0.15) is 0 Å². The fourth-order valence-corrected chi connectivity index (χ4v) is 1.61. The van der Waals surface area contributed by atoms with Gasteiger partial charge in [0.05, 0.1) is 11.5 Å². The van der Waals surface area contributed by atoms with Gasteiger partial charge in [0, 0.05) is 0 Å². The third kappa shape index (κ3) is 2.82. The predicted molar refractivity (Wildman–Crippen MR) is 50.0 cm³/mol. The Morgan fingerprint density at radius 1 is 1.44 bits per heavy atom. The van der Waals surface area contributed by atoms with E-state index in [9.17, 15) is 19.8 Å². The summed E-state index contributed by atoms with van der Waals surface area (Å²) in [6.45, 7) is 3.33. The van der Waals surface area contributed by atoms with Crippen molar-refractivity contribution in [1.82, 2.24) is 5.32 Å². The van der Waals surface area contributed by atoms with Crippen molar-refractivity contribution in [1.29, 1.82) is 0 Å². The van der Waals surface area contributed by atoms with Crippen LogP contribution in [0.1, 0.15) is 26.7 Å². The number of carbonyl (C=O) groups is 2.